The van der Waals surface area contributed by atoms with Crippen LogP contribution in [0.15, 0.2) is 0 Å². The minimum absolute atomic E-state index is 0.0212. The van der Waals surface area contributed by atoms with Crippen molar-refractivity contribution in [1.29, 1.82) is 0 Å². The Bertz CT molecular complexity index is 1600. The maximum atomic E-state index is 12.5. The summed E-state index contributed by atoms with van der Waals surface area (Å²) in [5, 5.41) is 82.1. The highest BCUT2D eigenvalue weighted by Crippen LogP contribution is 2.13. The summed E-state index contributed by atoms with van der Waals surface area (Å²) in [7, 11) is 0. The van der Waals surface area contributed by atoms with E-state index in [1.807, 2.05) is 0 Å². The van der Waals surface area contributed by atoms with E-state index in [2.05, 4.69) is 16.0 Å². The molecule has 0 aromatic carbocycles. The first-order chi connectivity index (χ1) is 34.8. The number of ketones is 1. The number of hydrogen-bond acceptors (Lipinski definition) is 19. The van der Waals surface area contributed by atoms with Crippen LogP contribution in [0.2, 0.25) is 0 Å². The number of carboxylic acids is 8. The van der Waals surface area contributed by atoms with Crippen LogP contribution in [0, 0.1) is 0 Å². The topological polar surface area (TPSA) is 466 Å². The van der Waals surface area contributed by atoms with Gasteiger partial charge >= 0.3 is 47.8 Å². The van der Waals surface area contributed by atoms with Crippen molar-refractivity contribution in [2.24, 2.45) is 5.73 Å². The van der Waals surface area contributed by atoms with Gasteiger partial charge in [0.2, 0.25) is 17.7 Å². The quantitative estimate of drug-likeness (QED) is 0.0271. The summed E-state index contributed by atoms with van der Waals surface area (Å²) < 4.78 is 17.0. The Hall–Kier alpha value is -6.44. The van der Waals surface area contributed by atoms with E-state index in [0.29, 0.717) is 6.42 Å². The maximum Gasteiger partial charge on any atom is 0.320 e. The molecule has 30 nitrogen and oxygen atoms in total. The number of amides is 3. The van der Waals surface area contributed by atoms with Gasteiger partial charge in [0.05, 0.1) is 84.4 Å². The average molecular weight is 1070 g/mol. The molecule has 0 radical (unpaired) electrons. The molecule has 3 unspecified atom stereocenters. The summed E-state index contributed by atoms with van der Waals surface area (Å²) >= 11 is 0. The molecule has 422 valence electrons. The van der Waals surface area contributed by atoms with Crippen molar-refractivity contribution in [3.05, 3.63) is 0 Å². The lowest BCUT2D eigenvalue weighted by Gasteiger charge is -2.29. The van der Waals surface area contributed by atoms with E-state index in [1.165, 1.54) is 6.92 Å². The number of unbranched alkanes of at least 4 members (excludes halogenated alkanes) is 3. The monoisotopic (exact) mass is 1070 g/mol. The van der Waals surface area contributed by atoms with Crippen LogP contribution in [0.5, 0.6) is 0 Å². The van der Waals surface area contributed by atoms with Gasteiger partial charge in [0.25, 0.3) is 0 Å². The molecule has 13 N–H and O–H groups in total. The van der Waals surface area contributed by atoms with E-state index in [9.17, 15) is 72.9 Å². The minimum atomic E-state index is -1.40. The summed E-state index contributed by atoms with van der Waals surface area (Å²) in [6.07, 6.45) is 1.05. The third kappa shape index (κ3) is 34.1. The van der Waals surface area contributed by atoms with Crippen LogP contribution in [-0.4, -0.2) is 249 Å². The standard InChI is InChI=1S/C44H73N7O23/c1-29(52)20-49(21-36(56)57)30(41(66)67)8-2-5-14-46-33(53)11-17-72-26-44(45,27-73-18-12-34(54)47-15-6-3-9-31(42(68)69)50(22-37(58)59)23-38(60)61)28-74-19-13-35(55)48-16-7-4-10-32(43(70)71)51(24-39(62)63)25-40(64)65/h30-32H,2-28,45H2,1H3,(H,46,53)(H,47,54)(H,48,55)(H,56,57)(H,58,59)(H,60,61)(H,62,63)(H,64,65)(H,66,67)(H,68,69)(H,70,71). The smallest absolute Gasteiger partial charge is 0.320 e. The maximum absolute atomic E-state index is 12.5. The normalized spacial score (nSPS) is 13.3. The zero-order chi connectivity index (χ0) is 56.2. The van der Waals surface area contributed by atoms with E-state index in [-0.39, 0.29) is 136 Å². The fourth-order valence-electron chi connectivity index (χ4n) is 7.15. The van der Waals surface area contributed by atoms with Crippen LogP contribution < -0.4 is 21.7 Å². The lowest BCUT2D eigenvalue weighted by atomic mass is 10.1. The molecule has 0 spiro atoms. The van der Waals surface area contributed by atoms with Crippen LogP contribution >= 0.6 is 0 Å². The van der Waals surface area contributed by atoms with E-state index in [0.717, 1.165) is 14.7 Å². The SMILES string of the molecule is CC(=O)CN(CC(=O)O)C(CCCCNC(=O)CCOCC(N)(COCCC(=O)NCCCCC(C(=O)O)N(CC(=O)O)CC(=O)O)COCCC(=O)NCCCCC(C(=O)O)N(CC(=O)O)CC(=O)O)C(=O)O. The molecule has 0 fully saturated rings. The average Bonchev–Trinajstić information content (AvgIpc) is 3.27. The van der Waals surface area contributed by atoms with E-state index in [1.54, 1.807) is 0 Å². The highest BCUT2D eigenvalue weighted by molar-refractivity contribution is 5.82. The number of rotatable bonds is 48. The summed E-state index contributed by atoms with van der Waals surface area (Å²) in [6.45, 7) is -3.71. The van der Waals surface area contributed by atoms with Crippen LogP contribution in [-0.2, 0) is 71.7 Å². The molecule has 0 heterocycles. The zero-order valence-electron chi connectivity index (χ0n) is 41.4. The van der Waals surface area contributed by atoms with Crippen LogP contribution in [0.4, 0.5) is 0 Å². The number of ether oxygens (including phenoxy) is 3. The highest BCUT2D eigenvalue weighted by Gasteiger charge is 2.31. The summed E-state index contributed by atoms with van der Waals surface area (Å²) in [4.78, 5) is 143. The van der Waals surface area contributed by atoms with Gasteiger partial charge in [-0.25, -0.2) is 0 Å². The van der Waals surface area contributed by atoms with Crippen LogP contribution in [0.25, 0.3) is 0 Å². The van der Waals surface area contributed by atoms with Crippen molar-refractivity contribution in [3.8, 4) is 0 Å². The van der Waals surface area contributed by atoms with Gasteiger partial charge in [-0.05, 0) is 64.7 Å². The van der Waals surface area contributed by atoms with Gasteiger partial charge < -0.3 is 76.7 Å². The molecule has 0 aliphatic heterocycles. The fraction of sp³-hybridized carbons (Fsp3) is 0.727. The van der Waals surface area contributed by atoms with Crippen molar-refractivity contribution in [3.63, 3.8) is 0 Å². The molecular formula is C44H73N7O23. The second-order valence-electron chi connectivity index (χ2n) is 17.3. The molecule has 3 atom stereocenters. The van der Waals surface area contributed by atoms with E-state index >= 15 is 0 Å². The first-order valence-electron chi connectivity index (χ1n) is 23.6. The predicted molar refractivity (Wildman–Crippen MR) is 252 cm³/mol. The minimum Gasteiger partial charge on any atom is -0.480 e. The fourth-order valence-corrected chi connectivity index (χ4v) is 7.15. The number of Topliss-reactive ketones (excluding diaryl/α,β-unsaturated/α-hetero) is 1. The Labute approximate surface area is 425 Å². The molecule has 0 aliphatic carbocycles. The third-order valence-electron chi connectivity index (χ3n) is 10.6. The molecule has 3 amide bonds. The van der Waals surface area contributed by atoms with Crippen molar-refractivity contribution in [2.45, 2.75) is 108 Å². The molecule has 30 heteroatoms. The largest absolute Gasteiger partial charge is 0.480 e. The number of hydrogen-bond donors (Lipinski definition) is 12. The second kappa shape index (κ2) is 38.2. The zero-order valence-corrected chi connectivity index (χ0v) is 41.4. The first-order valence-corrected chi connectivity index (χ1v) is 23.6. The molecule has 0 bridgehead atoms. The van der Waals surface area contributed by atoms with E-state index < -0.39 is 128 Å². The Kier molecular flexibility index (Phi) is 34.9. The van der Waals surface area contributed by atoms with Gasteiger partial charge in [-0.3, -0.25) is 72.2 Å². The Morgan fingerprint density at radius 3 is 0.878 bits per heavy atom. The van der Waals surface area contributed by atoms with Gasteiger partial charge in [0.15, 0.2) is 0 Å². The predicted octanol–water partition coefficient (Wildman–Crippen LogP) is -2.96. The molecule has 74 heavy (non-hydrogen) atoms. The molecule has 0 aromatic heterocycles. The Morgan fingerprint density at radius 2 is 0.662 bits per heavy atom. The van der Waals surface area contributed by atoms with Crippen LogP contribution in [0.1, 0.15) is 84.0 Å². The molecule has 0 saturated heterocycles. The van der Waals surface area contributed by atoms with Gasteiger partial charge in [-0.15, -0.1) is 0 Å². The Balaban J connectivity index is 5.24. The lowest BCUT2D eigenvalue weighted by Crippen LogP contribution is -2.53. The highest BCUT2D eigenvalue weighted by atomic mass is 16.5. The first kappa shape index (κ1) is 67.6. The second-order valence-corrected chi connectivity index (χ2v) is 17.3. The molecule has 0 saturated carbocycles. The molecule has 0 aliphatic rings. The number of carbonyl (C=O) groups is 12. The number of nitrogens with zero attached hydrogens (tertiary/aromatic N) is 3. The van der Waals surface area contributed by atoms with Crippen molar-refractivity contribution < 1.29 is 113 Å². The molecule has 0 aromatic rings. The van der Waals surface area contributed by atoms with Gasteiger partial charge in [0, 0.05) is 38.9 Å². The summed E-state index contributed by atoms with van der Waals surface area (Å²) in [5.41, 5.74) is 5.17. The molecule has 0 rings (SSSR count). The van der Waals surface area contributed by atoms with Gasteiger partial charge in [-0.2, -0.15) is 0 Å². The van der Waals surface area contributed by atoms with Crippen molar-refractivity contribution in [2.75, 3.05) is 98.5 Å². The number of carbonyl (C=O) groups excluding carboxylic acids is 4. The van der Waals surface area contributed by atoms with Crippen molar-refractivity contribution in [1.82, 2.24) is 30.7 Å². The number of carboxylic acid groups (broad SMARTS) is 8. The van der Waals surface area contributed by atoms with Gasteiger partial charge in [-0.1, -0.05) is 0 Å². The summed E-state index contributed by atoms with van der Waals surface area (Å²) in [5.74, 6) is -12.7. The lowest BCUT2D eigenvalue weighted by molar-refractivity contribution is -0.152. The van der Waals surface area contributed by atoms with Gasteiger partial charge in [0.1, 0.15) is 23.9 Å². The Morgan fingerprint density at radius 1 is 0.419 bits per heavy atom. The van der Waals surface area contributed by atoms with E-state index in [4.69, 9.17) is 45.5 Å². The summed E-state index contributed by atoms with van der Waals surface area (Å²) in [6, 6.07) is -4.00. The van der Waals surface area contributed by atoms with Crippen molar-refractivity contribution >= 4 is 71.3 Å². The number of nitrogens with two attached hydrogens (primary N) is 1. The van der Waals surface area contributed by atoms with Crippen LogP contribution in [0.3, 0.4) is 0 Å². The number of aliphatic carboxylic acids is 8. The number of nitrogens with one attached hydrogen (secondary N) is 3. The third-order valence-corrected chi connectivity index (χ3v) is 10.6. The molecular weight excluding hydrogens is 995 g/mol.